The van der Waals surface area contributed by atoms with Crippen molar-refractivity contribution in [2.45, 2.75) is 31.7 Å². The molecule has 9 heteroatoms. The number of carbonyl (C=O) groups excluding carboxylic acids is 1. The Morgan fingerprint density at radius 1 is 1.09 bits per heavy atom. The third kappa shape index (κ3) is 3.02. The largest absolute Gasteiger partial charge is 0.380 e. The lowest BCUT2D eigenvalue weighted by Crippen LogP contribution is -2.56. The molecule has 0 unspecified atom stereocenters. The maximum absolute atomic E-state index is 13.0. The maximum Gasteiger partial charge on any atom is 0.272 e. The van der Waals surface area contributed by atoms with E-state index in [1.165, 1.54) is 0 Å². The van der Waals surface area contributed by atoms with Crippen molar-refractivity contribution in [2.75, 3.05) is 31.6 Å². The van der Waals surface area contributed by atoms with Crippen molar-refractivity contribution in [3.8, 4) is 11.1 Å². The van der Waals surface area contributed by atoms with Gasteiger partial charge in [-0.25, -0.2) is 14.5 Å². The number of likely N-dealkylation sites (tertiary alicyclic amines) is 1. The molecule has 0 aromatic carbocycles. The van der Waals surface area contributed by atoms with Crippen LogP contribution in [0.15, 0.2) is 43.0 Å². The molecule has 2 aliphatic heterocycles. The van der Waals surface area contributed by atoms with E-state index in [1.54, 1.807) is 6.20 Å². The molecule has 6 heterocycles. The predicted molar refractivity (Wildman–Crippen MR) is 122 cm³/mol. The highest BCUT2D eigenvalue weighted by atomic mass is 16.5. The molecule has 1 N–H and O–H groups in total. The number of ether oxygens (including phenoxy) is 1. The molecule has 1 saturated carbocycles. The van der Waals surface area contributed by atoms with Crippen LogP contribution in [-0.4, -0.2) is 67.1 Å². The Kier molecular flexibility index (Phi) is 4.05. The molecular weight excluding hydrogens is 418 g/mol. The number of imidazole rings is 1. The number of carbonyl (C=O) groups is 1. The maximum atomic E-state index is 13.0. The predicted octanol–water partition coefficient (Wildman–Crippen LogP) is 2.87. The van der Waals surface area contributed by atoms with E-state index in [-0.39, 0.29) is 5.91 Å². The second kappa shape index (κ2) is 7.02. The Bertz CT molecular complexity index is 1370. The standard InChI is InChI=1S/C24H25N7O2/c32-22(29-6-1-2-7-29)20-12-25-21-4-3-16(13-30(20)21)18-5-8-31-19(18)11-26-23(28-31)27-17-9-24(10-17)14-33-15-24/h3-5,8,11-13,17H,1-2,6-7,9-10,14-15H2,(H,27,28). The van der Waals surface area contributed by atoms with Crippen molar-refractivity contribution in [2.24, 2.45) is 5.41 Å². The van der Waals surface area contributed by atoms with Crippen LogP contribution in [0.25, 0.3) is 22.3 Å². The summed E-state index contributed by atoms with van der Waals surface area (Å²) in [5.74, 6) is 0.692. The van der Waals surface area contributed by atoms with Gasteiger partial charge in [0.25, 0.3) is 5.91 Å². The quantitative estimate of drug-likeness (QED) is 0.522. The van der Waals surface area contributed by atoms with E-state index in [0.717, 1.165) is 74.3 Å². The summed E-state index contributed by atoms with van der Waals surface area (Å²) in [7, 11) is 0. The van der Waals surface area contributed by atoms with Crippen LogP contribution in [0.4, 0.5) is 5.95 Å². The minimum Gasteiger partial charge on any atom is -0.380 e. The number of nitrogens with one attached hydrogen (secondary N) is 1. The molecule has 4 aromatic heterocycles. The molecule has 3 aliphatic rings. The van der Waals surface area contributed by atoms with Gasteiger partial charge in [-0.2, -0.15) is 0 Å². The average molecular weight is 444 g/mol. The zero-order valence-electron chi connectivity index (χ0n) is 18.3. The summed E-state index contributed by atoms with van der Waals surface area (Å²) in [4.78, 5) is 23.9. The van der Waals surface area contributed by atoms with Crippen molar-refractivity contribution in [3.63, 3.8) is 0 Å². The van der Waals surface area contributed by atoms with Crippen molar-refractivity contribution in [3.05, 3.63) is 48.7 Å². The van der Waals surface area contributed by atoms with Gasteiger partial charge in [0.2, 0.25) is 5.95 Å². The first-order chi connectivity index (χ1) is 16.2. The third-order valence-corrected chi connectivity index (χ3v) is 7.35. The van der Waals surface area contributed by atoms with E-state index in [4.69, 9.17) is 4.74 Å². The number of anilines is 1. The van der Waals surface area contributed by atoms with E-state index >= 15 is 0 Å². The third-order valence-electron chi connectivity index (χ3n) is 7.35. The number of nitrogens with zero attached hydrogens (tertiary/aromatic N) is 6. The van der Waals surface area contributed by atoms with Crippen LogP contribution in [-0.2, 0) is 4.74 Å². The Morgan fingerprint density at radius 3 is 2.73 bits per heavy atom. The number of rotatable bonds is 4. The van der Waals surface area contributed by atoms with Gasteiger partial charge in [-0.15, -0.1) is 5.10 Å². The zero-order chi connectivity index (χ0) is 22.0. The number of fused-ring (bicyclic) bond motifs is 2. The summed E-state index contributed by atoms with van der Waals surface area (Å²) in [6.07, 6.45) is 11.9. The van der Waals surface area contributed by atoms with E-state index < -0.39 is 0 Å². The Hall–Kier alpha value is -3.46. The molecule has 1 aliphatic carbocycles. The van der Waals surface area contributed by atoms with Crippen molar-refractivity contribution in [1.29, 1.82) is 0 Å². The summed E-state index contributed by atoms with van der Waals surface area (Å²) >= 11 is 0. The van der Waals surface area contributed by atoms with Gasteiger partial charge in [-0.3, -0.25) is 9.20 Å². The second-order valence-electron chi connectivity index (χ2n) is 9.67. The van der Waals surface area contributed by atoms with E-state index in [0.29, 0.717) is 23.1 Å². The fourth-order valence-electron chi connectivity index (χ4n) is 5.49. The zero-order valence-corrected chi connectivity index (χ0v) is 18.3. The molecular formula is C24H25N7O2. The summed E-state index contributed by atoms with van der Waals surface area (Å²) in [5.41, 5.74) is 4.71. The second-order valence-corrected chi connectivity index (χ2v) is 9.67. The molecule has 3 fully saturated rings. The van der Waals surface area contributed by atoms with Crippen LogP contribution >= 0.6 is 0 Å². The molecule has 4 aromatic rings. The van der Waals surface area contributed by atoms with Gasteiger partial charge in [-0.1, -0.05) is 0 Å². The smallest absolute Gasteiger partial charge is 0.272 e. The summed E-state index contributed by atoms with van der Waals surface area (Å²) < 4.78 is 9.12. The van der Waals surface area contributed by atoms with Crippen LogP contribution in [0.5, 0.6) is 0 Å². The van der Waals surface area contributed by atoms with Crippen LogP contribution in [0.3, 0.4) is 0 Å². The number of amides is 1. The molecule has 1 amide bonds. The summed E-state index contributed by atoms with van der Waals surface area (Å²) in [5, 5.41) is 8.13. The Balaban J connectivity index is 1.17. The molecule has 0 radical (unpaired) electrons. The molecule has 1 spiro atoms. The molecule has 0 bridgehead atoms. The Morgan fingerprint density at radius 2 is 1.94 bits per heavy atom. The lowest BCUT2D eigenvalue weighted by atomic mass is 9.64. The first kappa shape index (κ1) is 19.0. The summed E-state index contributed by atoms with van der Waals surface area (Å²) in [6.45, 7) is 3.41. The average Bonchev–Trinajstić information content (AvgIpc) is 3.53. The minimum atomic E-state index is 0.0455. The minimum absolute atomic E-state index is 0.0455. The number of aromatic nitrogens is 5. The van der Waals surface area contributed by atoms with Crippen LogP contribution in [0, 0.1) is 5.41 Å². The molecule has 33 heavy (non-hydrogen) atoms. The van der Waals surface area contributed by atoms with Gasteiger partial charge in [-0.05, 0) is 43.9 Å². The molecule has 0 atom stereocenters. The number of hydrogen-bond donors (Lipinski definition) is 1. The summed E-state index contributed by atoms with van der Waals surface area (Å²) in [6, 6.07) is 6.43. The van der Waals surface area contributed by atoms with E-state index in [1.807, 2.05) is 50.6 Å². The lowest BCUT2D eigenvalue weighted by molar-refractivity contribution is -0.160. The van der Waals surface area contributed by atoms with E-state index in [9.17, 15) is 4.79 Å². The fourth-order valence-corrected chi connectivity index (χ4v) is 5.49. The van der Waals surface area contributed by atoms with Crippen LogP contribution in [0.2, 0.25) is 0 Å². The molecule has 7 rings (SSSR count). The lowest BCUT2D eigenvalue weighted by Gasteiger charge is -2.53. The van der Waals surface area contributed by atoms with Gasteiger partial charge in [0.05, 0.1) is 31.1 Å². The topological polar surface area (TPSA) is 89.1 Å². The highest BCUT2D eigenvalue weighted by molar-refractivity contribution is 5.93. The van der Waals surface area contributed by atoms with E-state index in [2.05, 4.69) is 20.4 Å². The van der Waals surface area contributed by atoms with Gasteiger partial charge in [0, 0.05) is 48.1 Å². The highest BCUT2D eigenvalue weighted by Gasteiger charge is 2.50. The van der Waals surface area contributed by atoms with Gasteiger partial charge < -0.3 is 15.0 Å². The molecule has 9 nitrogen and oxygen atoms in total. The molecule has 168 valence electrons. The van der Waals surface area contributed by atoms with Crippen molar-refractivity contribution in [1.82, 2.24) is 28.9 Å². The number of hydrogen-bond acceptors (Lipinski definition) is 6. The highest BCUT2D eigenvalue weighted by Crippen LogP contribution is 2.47. The van der Waals surface area contributed by atoms with Crippen LogP contribution in [0.1, 0.15) is 36.2 Å². The van der Waals surface area contributed by atoms with Gasteiger partial charge in [0.1, 0.15) is 11.3 Å². The van der Waals surface area contributed by atoms with Crippen molar-refractivity contribution < 1.29 is 9.53 Å². The van der Waals surface area contributed by atoms with Crippen molar-refractivity contribution >= 4 is 23.0 Å². The van der Waals surface area contributed by atoms with Crippen LogP contribution < -0.4 is 5.32 Å². The normalized spacial score (nSPS) is 19.8. The number of pyridine rings is 1. The SMILES string of the molecule is O=C(c1cnc2ccc(-c3ccn4nc(NC5CC6(COC6)C5)ncc34)cn12)N1CCCC1. The monoisotopic (exact) mass is 443 g/mol. The molecule has 2 saturated heterocycles. The first-order valence-electron chi connectivity index (χ1n) is 11.6. The fraction of sp³-hybridized carbons (Fsp3) is 0.417. The first-order valence-corrected chi connectivity index (χ1v) is 11.6. The van der Waals surface area contributed by atoms with Gasteiger partial charge >= 0.3 is 0 Å². The van der Waals surface area contributed by atoms with Gasteiger partial charge in [0.15, 0.2) is 0 Å². The Labute approximate surface area is 190 Å².